The molecule has 1 N–H and O–H groups in total. The molecule has 8 heteroatoms. The van der Waals surface area contributed by atoms with Gasteiger partial charge in [-0.1, -0.05) is 39.0 Å². The lowest BCUT2D eigenvalue weighted by molar-refractivity contribution is 0.398. The molecular weight excluding hydrogens is 435 g/mol. The molecule has 0 saturated heterocycles. The van der Waals surface area contributed by atoms with E-state index < -0.39 is 17.3 Å². The van der Waals surface area contributed by atoms with Crippen molar-refractivity contribution in [2.45, 2.75) is 58.3 Å². The van der Waals surface area contributed by atoms with Gasteiger partial charge in [-0.2, -0.15) is 0 Å². The molecule has 0 unspecified atom stereocenters. The highest BCUT2D eigenvalue weighted by Gasteiger charge is 2.19. The summed E-state index contributed by atoms with van der Waals surface area (Å²) in [5.41, 5.74) is 0. The Kier molecular flexibility index (Phi) is 12.6. The predicted molar refractivity (Wildman–Crippen MR) is 107 cm³/mol. The van der Waals surface area contributed by atoms with Gasteiger partial charge in [-0.3, -0.25) is 4.21 Å². The molecule has 0 amide bonds. The molecule has 0 aliphatic heterocycles. The van der Waals surface area contributed by atoms with Crippen molar-refractivity contribution in [3.8, 4) is 0 Å². The largest absolute Gasteiger partial charge is 0.309 e. The smallest absolute Gasteiger partial charge is 0.221 e. The van der Waals surface area contributed by atoms with E-state index in [4.69, 9.17) is 0 Å². The molecule has 0 saturated carbocycles. The minimum atomic E-state index is -3.42. The van der Waals surface area contributed by atoms with Crippen molar-refractivity contribution in [3.63, 3.8) is 0 Å². The van der Waals surface area contributed by atoms with Crippen molar-refractivity contribution >= 4 is 38.5 Å². The minimum Gasteiger partial charge on any atom is -0.309 e. The highest BCUT2D eigenvalue weighted by atomic mass is 127. The third kappa shape index (κ3) is 14.3. The van der Waals surface area contributed by atoms with Gasteiger partial charge >= 0.3 is 0 Å². The van der Waals surface area contributed by atoms with E-state index in [0.29, 0.717) is 12.2 Å². The molecule has 22 heavy (non-hydrogen) atoms. The lowest BCUT2D eigenvalue weighted by Crippen LogP contribution is -2.35. The molecule has 136 valence electrons. The quantitative estimate of drug-likeness (QED) is 0.178. The standard InChI is InChI=1S/C14H33IN2O3S2/c1-4-5-6-7-8-10-14-22(19,20)16-21(15,18)13-11-9-12-17(2)3/h21H,4-14H2,1-3H3,(H,16,18). The summed E-state index contributed by atoms with van der Waals surface area (Å²) in [5, 5.41) is 0. The second-order valence-electron chi connectivity index (χ2n) is 6.06. The fourth-order valence-corrected chi connectivity index (χ4v) is 9.45. The Morgan fingerprint density at radius 2 is 1.59 bits per heavy atom. The number of halogens is 1. The van der Waals surface area contributed by atoms with Crippen LogP contribution >= 0.6 is 21.2 Å². The molecule has 0 aromatic rings. The first kappa shape index (κ1) is 22.8. The fraction of sp³-hybridized carbons (Fsp3) is 1.00. The molecule has 5 nitrogen and oxygen atoms in total. The van der Waals surface area contributed by atoms with Crippen LogP contribution in [0.2, 0.25) is 0 Å². The zero-order valence-electron chi connectivity index (χ0n) is 14.2. The summed E-state index contributed by atoms with van der Waals surface area (Å²) < 4.78 is 38.7. The van der Waals surface area contributed by atoms with Crippen molar-refractivity contribution < 1.29 is 12.6 Å². The van der Waals surface area contributed by atoms with Gasteiger partial charge in [0.05, 0.1) is 5.75 Å². The lowest BCUT2D eigenvalue weighted by Gasteiger charge is -2.19. The van der Waals surface area contributed by atoms with Crippen molar-refractivity contribution in [2.75, 3.05) is 32.1 Å². The Hall–Kier alpha value is 0.750. The zero-order chi connectivity index (χ0) is 17.1. The van der Waals surface area contributed by atoms with E-state index in [0.717, 1.165) is 32.2 Å². The summed E-state index contributed by atoms with van der Waals surface area (Å²) >= 11 is 1.79. The number of unbranched alkanes of at least 4 members (excludes halogenated alkanes) is 6. The number of hydrogen-bond acceptors (Lipinski definition) is 4. The molecule has 0 rings (SSSR count). The van der Waals surface area contributed by atoms with Crippen LogP contribution in [-0.2, 0) is 17.3 Å². The highest BCUT2D eigenvalue weighted by molar-refractivity contribution is 14.2. The average Bonchev–Trinajstić information content (AvgIpc) is 2.37. The molecule has 0 atom stereocenters. The van der Waals surface area contributed by atoms with E-state index in [1.165, 1.54) is 19.3 Å². The second-order valence-corrected chi connectivity index (χ2v) is 14.9. The van der Waals surface area contributed by atoms with Gasteiger partial charge in [-0.25, -0.2) is 8.42 Å². The summed E-state index contributed by atoms with van der Waals surface area (Å²) in [7, 11) is -2.26. The lowest BCUT2D eigenvalue weighted by atomic mass is 10.1. The van der Waals surface area contributed by atoms with E-state index in [-0.39, 0.29) is 5.75 Å². The Morgan fingerprint density at radius 3 is 2.18 bits per heavy atom. The Bertz CT molecular complexity index is 428. The zero-order valence-corrected chi connectivity index (χ0v) is 18.1. The number of thiol groups is 1. The summed E-state index contributed by atoms with van der Waals surface area (Å²) in [5.74, 6) is 0.515. The van der Waals surface area contributed by atoms with Crippen molar-refractivity contribution in [2.24, 2.45) is 0 Å². The molecule has 0 heterocycles. The summed E-state index contributed by atoms with van der Waals surface area (Å²) in [6.07, 6.45) is 7.92. The Morgan fingerprint density at radius 1 is 1.00 bits per heavy atom. The number of nitrogens with zero attached hydrogens (tertiary/aromatic N) is 1. The van der Waals surface area contributed by atoms with Crippen LogP contribution in [0.1, 0.15) is 58.3 Å². The maximum Gasteiger partial charge on any atom is 0.221 e. The fourth-order valence-electron chi connectivity index (χ4n) is 2.11. The SMILES string of the molecule is CCCCCCCCS(=O)(=O)N[SH](=O)(I)CCCCN(C)C. The monoisotopic (exact) mass is 468 g/mol. The minimum absolute atomic E-state index is 0.0871. The van der Waals surface area contributed by atoms with Crippen LogP contribution in [-0.4, -0.2) is 49.7 Å². The van der Waals surface area contributed by atoms with Crippen LogP contribution in [0, 0.1) is 0 Å². The van der Waals surface area contributed by atoms with Gasteiger partial charge in [0.25, 0.3) is 0 Å². The van der Waals surface area contributed by atoms with Crippen molar-refractivity contribution in [1.82, 2.24) is 9.03 Å². The van der Waals surface area contributed by atoms with E-state index in [1.807, 2.05) is 14.1 Å². The topological polar surface area (TPSA) is 66.5 Å². The van der Waals surface area contributed by atoms with Crippen LogP contribution in [0.3, 0.4) is 0 Å². The Labute approximate surface area is 150 Å². The normalized spacial score (nSPS) is 13.7. The van der Waals surface area contributed by atoms with Crippen LogP contribution in [0.25, 0.3) is 0 Å². The summed E-state index contributed by atoms with van der Waals surface area (Å²) in [6, 6.07) is 0. The van der Waals surface area contributed by atoms with Crippen molar-refractivity contribution in [1.29, 1.82) is 0 Å². The molecular formula is C14H33IN2O3S2. The molecule has 0 aromatic heterocycles. The number of rotatable bonds is 14. The molecule has 0 bridgehead atoms. The molecule has 0 aromatic carbocycles. The molecule has 0 aliphatic carbocycles. The van der Waals surface area contributed by atoms with Crippen LogP contribution in [0.4, 0.5) is 0 Å². The Balaban J connectivity index is 3.97. The maximum atomic E-state index is 12.3. The number of nitrogens with one attached hydrogen (secondary N) is 1. The van der Waals surface area contributed by atoms with Gasteiger partial charge in [0.15, 0.2) is 0 Å². The van der Waals surface area contributed by atoms with Crippen LogP contribution in [0.15, 0.2) is 0 Å². The van der Waals surface area contributed by atoms with Gasteiger partial charge in [-0.15, -0.1) is 4.13 Å². The van der Waals surface area contributed by atoms with E-state index in [2.05, 4.69) is 16.0 Å². The molecule has 0 fully saturated rings. The first-order chi connectivity index (χ1) is 10.2. The number of hydrogen-bond donors (Lipinski definition) is 2. The maximum absolute atomic E-state index is 12.3. The first-order valence-electron chi connectivity index (χ1n) is 8.14. The van der Waals surface area contributed by atoms with E-state index in [1.54, 1.807) is 21.2 Å². The summed E-state index contributed by atoms with van der Waals surface area (Å²) in [4.78, 5) is 2.07. The highest BCUT2D eigenvalue weighted by Crippen LogP contribution is 2.16. The molecule has 0 spiro atoms. The number of sulfonamides is 1. The first-order valence-corrected chi connectivity index (χ1v) is 14.5. The van der Waals surface area contributed by atoms with Gasteiger partial charge in [0.2, 0.25) is 10.0 Å². The van der Waals surface area contributed by atoms with Gasteiger partial charge in [-0.05, 0) is 39.9 Å². The summed E-state index contributed by atoms with van der Waals surface area (Å²) in [6.45, 7) is 3.09. The second kappa shape index (κ2) is 12.2. The van der Waals surface area contributed by atoms with E-state index >= 15 is 0 Å². The van der Waals surface area contributed by atoms with Gasteiger partial charge in [0, 0.05) is 34.2 Å². The molecule has 0 radical (unpaired) electrons. The van der Waals surface area contributed by atoms with E-state index in [9.17, 15) is 12.6 Å². The third-order valence-electron chi connectivity index (χ3n) is 3.34. The van der Waals surface area contributed by atoms with Crippen LogP contribution < -0.4 is 4.13 Å². The molecule has 0 aliphatic rings. The predicted octanol–water partition coefficient (Wildman–Crippen LogP) is 2.89. The van der Waals surface area contributed by atoms with Gasteiger partial charge in [0.1, 0.15) is 0 Å². The van der Waals surface area contributed by atoms with Crippen molar-refractivity contribution in [3.05, 3.63) is 0 Å². The third-order valence-corrected chi connectivity index (χ3v) is 10.5. The van der Waals surface area contributed by atoms with Crippen LogP contribution in [0.5, 0.6) is 0 Å². The van der Waals surface area contributed by atoms with Gasteiger partial charge < -0.3 is 4.90 Å². The average molecular weight is 468 g/mol.